The van der Waals surface area contributed by atoms with Crippen LogP contribution in [0.1, 0.15) is 0 Å². The molecule has 0 saturated heterocycles. The van der Waals surface area contributed by atoms with E-state index in [9.17, 15) is 4.79 Å². The molecular weight excluding hydrogens is 222 g/mol. The molecule has 0 aromatic heterocycles. The third-order valence-corrected chi connectivity index (χ3v) is 2.21. The van der Waals surface area contributed by atoms with E-state index in [1.54, 1.807) is 12.1 Å². The van der Waals surface area contributed by atoms with Crippen LogP contribution in [0, 0.1) is 0 Å². The fourth-order valence-corrected chi connectivity index (χ4v) is 1.31. The van der Waals surface area contributed by atoms with Crippen LogP contribution in [0.4, 0.5) is 10.5 Å². The lowest BCUT2D eigenvalue weighted by molar-refractivity contribution is 0.256. The molecule has 0 unspecified atom stereocenters. The van der Waals surface area contributed by atoms with Gasteiger partial charge in [0, 0.05) is 10.2 Å². The number of carbonyl (C=O) groups excluding carboxylic acids is 1. The number of nitrogens with two attached hydrogens (primary N) is 1. The second-order valence-electron chi connectivity index (χ2n) is 2.37. The molecule has 2 N–H and O–H groups in total. The van der Waals surface area contributed by atoms with Crippen molar-refractivity contribution < 1.29 is 4.79 Å². The molecule has 12 heavy (non-hydrogen) atoms. The Kier molecular flexibility index (Phi) is 1.47. The quantitative estimate of drug-likeness (QED) is 0.650. The van der Waals surface area contributed by atoms with Crippen molar-refractivity contribution in [2.24, 2.45) is 9.98 Å². The molecule has 2 amide bonds. The first-order valence-electron chi connectivity index (χ1n) is 3.23. The molecule has 1 aromatic carbocycles. The van der Waals surface area contributed by atoms with E-state index in [1.165, 1.54) is 0 Å². The van der Waals surface area contributed by atoms with Gasteiger partial charge in [-0.25, -0.2) is 4.79 Å². The number of fused-ring (bicyclic) bond motifs is 1. The first-order valence-corrected chi connectivity index (χ1v) is 4.02. The Balaban J connectivity index is 2.89. The molecule has 1 heterocycles. The number of nitrogens with zero attached hydrogens (tertiary/aromatic N) is 2. The lowest BCUT2D eigenvalue weighted by atomic mass is 10.3. The Bertz CT molecular complexity index is 437. The highest BCUT2D eigenvalue weighted by Crippen LogP contribution is 2.13. The summed E-state index contributed by atoms with van der Waals surface area (Å²) in [7, 11) is 0. The molecule has 0 radical (unpaired) electrons. The SMILES string of the molecule is Nc1cc2c(cc1Br)=NC(=O)N=2. The number of rotatable bonds is 0. The second-order valence-corrected chi connectivity index (χ2v) is 3.22. The van der Waals surface area contributed by atoms with Gasteiger partial charge in [0.15, 0.2) is 0 Å². The van der Waals surface area contributed by atoms with Crippen molar-refractivity contribution in [1.82, 2.24) is 0 Å². The van der Waals surface area contributed by atoms with Crippen LogP contribution in [0.5, 0.6) is 0 Å². The van der Waals surface area contributed by atoms with Crippen molar-refractivity contribution in [1.29, 1.82) is 0 Å². The van der Waals surface area contributed by atoms with E-state index < -0.39 is 6.03 Å². The average Bonchev–Trinajstić information content (AvgIpc) is 2.30. The molecule has 1 aromatic rings. The molecule has 0 spiro atoms. The highest BCUT2D eigenvalue weighted by Gasteiger charge is 2.06. The Morgan fingerprint density at radius 1 is 1.25 bits per heavy atom. The Labute approximate surface area is 76.0 Å². The Morgan fingerprint density at radius 3 is 2.50 bits per heavy atom. The zero-order valence-corrected chi connectivity index (χ0v) is 7.50. The van der Waals surface area contributed by atoms with Gasteiger partial charge in [0.1, 0.15) is 0 Å². The summed E-state index contributed by atoms with van der Waals surface area (Å²) < 4.78 is 0.731. The van der Waals surface area contributed by atoms with Crippen LogP contribution in [-0.4, -0.2) is 6.03 Å². The smallest absolute Gasteiger partial charge is 0.368 e. The minimum atomic E-state index is -0.470. The maximum atomic E-state index is 10.7. The predicted octanol–water partition coefficient (Wildman–Crippen LogP) is 0.404. The van der Waals surface area contributed by atoms with Crippen molar-refractivity contribution in [3.63, 3.8) is 0 Å². The van der Waals surface area contributed by atoms with Gasteiger partial charge in [0.25, 0.3) is 0 Å². The minimum absolute atomic E-state index is 0.470. The van der Waals surface area contributed by atoms with Gasteiger partial charge in [0.05, 0.1) is 10.7 Å². The number of benzene rings is 1. The molecule has 5 heteroatoms. The summed E-state index contributed by atoms with van der Waals surface area (Å²) in [5.41, 5.74) is 6.14. The van der Waals surface area contributed by atoms with E-state index in [4.69, 9.17) is 5.73 Å². The molecule has 0 atom stereocenters. The molecule has 0 saturated carbocycles. The minimum Gasteiger partial charge on any atom is -0.398 e. The third-order valence-electron chi connectivity index (χ3n) is 1.53. The van der Waals surface area contributed by atoms with E-state index in [0.29, 0.717) is 16.4 Å². The summed E-state index contributed by atoms with van der Waals surface area (Å²) in [5.74, 6) is 0. The van der Waals surface area contributed by atoms with Crippen LogP contribution in [0.25, 0.3) is 0 Å². The highest BCUT2D eigenvalue weighted by molar-refractivity contribution is 9.10. The van der Waals surface area contributed by atoms with Crippen LogP contribution < -0.4 is 16.4 Å². The molecule has 60 valence electrons. The van der Waals surface area contributed by atoms with Crippen molar-refractivity contribution in [3.05, 3.63) is 27.3 Å². The molecule has 1 aliphatic rings. The molecule has 1 aliphatic heterocycles. The highest BCUT2D eigenvalue weighted by atomic mass is 79.9. The number of hydrogen-bond acceptors (Lipinski definition) is 2. The lowest BCUT2D eigenvalue weighted by Crippen LogP contribution is -2.21. The number of anilines is 1. The summed E-state index contributed by atoms with van der Waals surface area (Å²) in [5, 5.41) is 1.11. The number of hydrogen-bond donors (Lipinski definition) is 1. The molecule has 0 fully saturated rings. The second kappa shape index (κ2) is 2.38. The van der Waals surface area contributed by atoms with Crippen LogP contribution in [0.3, 0.4) is 0 Å². The predicted molar refractivity (Wildman–Crippen MR) is 46.3 cm³/mol. The normalized spacial score (nSPS) is 13.6. The maximum Gasteiger partial charge on any atom is 0.368 e. The van der Waals surface area contributed by atoms with E-state index in [0.717, 1.165) is 4.47 Å². The monoisotopic (exact) mass is 225 g/mol. The molecule has 2 rings (SSSR count). The molecule has 0 aliphatic carbocycles. The Morgan fingerprint density at radius 2 is 1.83 bits per heavy atom. The van der Waals surface area contributed by atoms with E-state index in [-0.39, 0.29) is 0 Å². The number of nitrogen functional groups attached to an aromatic ring is 1. The van der Waals surface area contributed by atoms with Crippen molar-refractivity contribution in [2.75, 3.05) is 5.73 Å². The van der Waals surface area contributed by atoms with Crippen molar-refractivity contribution in [3.8, 4) is 0 Å². The summed E-state index contributed by atoms with van der Waals surface area (Å²) in [6, 6.07) is 2.83. The van der Waals surface area contributed by atoms with Gasteiger partial charge < -0.3 is 5.73 Å². The third kappa shape index (κ3) is 1.02. The Hall–Kier alpha value is -1.23. The number of halogens is 1. The molecule has 4 nitrogen and oxygen atoms in total. The summed E-state index contributed by atoms with van der Waals surface area (Å²) in [4.78, 5) is 18.0. The van der Waals surface area contributed by atoms with Crippen LogP contribution >= 0.6 is 15.9 Å². The fourth-order valence-electron chi connectivity index (χ4n) is 0.978. The average molecular weight is 226 g/mol. The van der Waals surface area contributed by atoms with Crippen LogP contribution in [0.2, 0.25) is 0 Å². The van der Waals surface area contributed by atoms with Crippen molar-refractivity contribution >= 4 is 27.6 Å². The van der Waals surface area contributed by atoms with Crippen LogP contribution in [-0.2, 0) is 0 Å². The van der Waals surface area contributed by atoms with Crippen LogP contribution in [0.15, 0.2) is 26.6 Å². The molecule has 0 bridgehead atoms. The number of amides is 2. The zero-order chi connectivity index (χ0) is 8.72. The summed E-state index contributed by atoms with van der Waals surface area (Å²) in [6.45, 7) is 0. The maximum absolute atomic E-state index is 10.7. The lowest BCUT2D eigenvalue weighted by Gasteiger charge is -1.93. The van der Waals surface area contributed by atoms with Gasteiger partial charge in [-0.2, -0.15) is 9.98 Å². The first-order chi connectivity index (χ1) is 5.66. The molecular formula is C7H4BrN3O. The number of carbonyl (C=O) groups is 1. The standard InChI is InChI=1S/C7H4BrN3O/c8-3-1-5-6(2-4(3)9)11-7(12)10-5/h1-2H,9H2. The van der Waals surface area contributed by atoms with E-state index >= 15 is 0 Å². The van der Waals surface area contributed by atoms with Gasteiger partial charge in [-0.15, -0.1) is 0 Å². The van der Waals surface area contributed by atoms with Gasteiger partial charge >= 0.3 is 6.03 Å². The summed E-state index contributed by atoms with van der Waals surface area (Å²) >= 11 is 3.23. The van der Waals surface area contributed by atoms with Gasteiger partial charge in [-0.3, -0.25) is 0 Å². The van der Waals surface area contributed by atoms with E-state index in [1.807, 2.05) is 0 Å². The van der Waals surface area contributed by atoms with E-state index in [2.05, 4.69) is 25.9 Å². The fraction of sp³-hybridized carbons (Fsp3) is 0. The van der Waals surface area contributed by atoms with Gasteiger partial charge in [-0.1, -0.05) is 0 Å². The zero-order valence-electron chi connectivity index (χ0n) is 5.91. The first kappa shape index (κ1) is 7.42. The van der Waals surface area contributed by atoms with Gasteiger partial charge in [0.2, 0.25) is 0 Å². The van der Waals surface area contributed by atoms with Crippen molar-refractivity contribution in [2.45, 2.75) is 0 Å². The van der Waals surface area contributed by atoms with Gasteiger partial charge in [-0.05, 0) is 28.1 Å². The topological polar surface area (TPSA) is 67.8 Å². The largest absolute Gasteiger partial charge is 0.398 e. The number of urea groups is 1. The summed E-state index contributed by atoms with van der Waals surface area (Å²) in [6.07, 6.45) is 0.